The monoisotopic (exact) mass is 640 g/mol. The Morgan fingerprint density at radius 3 is 2.43 bits per heavy atom. The summed E-state index contributed by atoms with van der Waals surface area (Å²) in [6, 6.07) is 18.4. The van der Waals surface area contributed by atoms with Crippen molar-refractivity contribution >= 4 is 39.9 Å². The van der Waals surface area contributed by atoms with Crippen molar-refractivity contribution in [2.75, 3.05) is 25.7 Å². The predicted octanol–water partition coefficient (Wildman–Crippen LogP) is 6.33. The van der Waals surface area contributed by atoms with Crippen LogP contribution in [0.3, 0.4) is 0 Å². The van der Waals surface area contributed by atoms with E-state index < -0.39 is 23.7 Å². The molecule has 0 radical (unpaired) electrons. The van der Waals surface area contributed by atoms with Crippen LogP contribution in [0.5, 0.6) is 17.2 Å². The van der Waals surface area contributed by atoms with E-state index in [1.807, 2.05) is 31.2 Å². The highest BCUT2D eigenvalue weighted by Gasteiger charge is 2.48. The fourth-order valence-corrected chi connectivity index (χ4v) is 6.06. The average molecular weight is 641 g/mol. The van der Waals surface area contributed by atoms with Crippen molar-refractivity contribution in [2.45, 2.75) is 26.5 Å². The van der Waals surface area contributed by atoms with Gasteiger partial charge in [-0.3, -0.25) is 14.5 Å². The normalized spacial score (nSPS) is 15.5. The second-order valence-corrected chi connectivity index (χ2v) is 11.4. The molecule has 1 amide bonds. The summed E-state index contributed by atoms with van der Waals surface area (Å²) in [5.74, 6) is -1.51. The summed E-state index contributed by atoms with van der Waals surface area (Å²) in [7, 11) is 2.95. The molecule has 0 spiro atoms. The van der Waals surface area contributed by atoms with Crippen molar-refractivity contribution < 1.29 is 38.4 Å². The quantitative estimate of drug-likeness (QED) is 0.0659. The van der Waals surface area contributed by atoms with Crippen LogP contribution in [-0.4, -0.2) is 48.6 Å². The Kier molecular flexibility index (Phi) is 9.53. The maximum atomic E-state index is 13.7. The fourth-order valence-electron chi connectivity index (χ4n) is 5.08. The molecule has 1 N–H and O–H groups in total. The minimum Gasteiger partial charge on any atom is -0.507 e. The Morgan fingerprint density at radius 2 is 1.76 bits per heavy atom. The molecule has 4 aromatic rings. The number of esters is 1. The maximum absolute atomic E-state index is 13.7. The number of hydrogen-bond donors (Lipinski definition) is 1. The number of aliphatic hydroxyl groups is 1. The van der Waals surface area contributed by atoms with E-state index in [0.29, 0.717) is 40.7 Å². The molecular weight excluding hydrogens is 608 g/mol. The second kappa shape index (κ2) is 13.7. The van der Waals surface area contributed by atoms with Crippen molar-refractivity contribution in [3.63, 3.8) is 0 Å². The highest BCUT2D eigenvalue weighted by molar-refractivity contribution is 7.17. The minimum atomic E-state index is -1.11. The summed E-state index contributed by atoms with van der Waals surface area (Å²) < 4.78 is 22.0. The van der Waals surface area contributed by atoms with Crippen LogP contribution >= 0.6 is 11.3 Å². The van der Waals surface area contributed by atoms with Crippen LogP contribution in [0, 0.1) is 13.8 Å². The third kappa shape index (κ3) is 6.36. The lowest BCUT2D eigenvalue weighted by molar-refractivity contribution is -0.132. The first kappa shape index (κ1) is 32.0. The number of ketones is 1. The molecule has 1 aliphatic heterocycles. The molecule has 1 unspecified atom stereocenters. The lowest BCUT2D eigenvalue weighted by Gasteiger charge is -2.23. The van der Waals surface area contributed by atoms with Crippen molar-refractivity contribution in [2.24, 2.45) is 0 Å². The first-order valence-electron chi connectivity index (χ1n) is 14.2. The van der Waals surface area contributed by atoms with Crippen molar-refractivity contribution in [3.8, 4) is 17.2 Å². The lowest BCUT2D eigenvalue weighted by atomic mass is 9.95. The number of aromatic nitrogens is 1. The smallest absolute Gasteiger partial charge is 0.350 e. The minimum absolute atomic E-state index is 0.00256. The Labute approximate surface area is 270 Å². The van der Waals surface area contributed by atoms with Gasteiger partial charge in [0.15, 0.2) is 16.6 Å². The largest absolute Gasteiger partial charge is 0.507 e. The van der Waals surface area contributed by atoms with Gasteiger partial charge in [0, 0.05) is 5.56 Å². The first-order chi connectivity index (χ1) is 22.2. The number of rotatable bonds is 11. The SMILES string of the molecule is C=CCOC(=O)c1sc(N2C(=O)C(=O)C(=C(O)c3ccc(OCc4cccc(C)c4)cc3)C2c2ccc(OC)c(OC)c2)nc1C. The average Bonchev–Trinajstić information content (AvgIpc) is 3.58. The number of amides is 1. The number of benzene rings is 3. The number of Topliss-reactive ketones (excluding diaryl/α,β-unsaturated/α-hetero) is 1. The van der Waals surface area contributed by atoms with Crippen LogP contribution in [-0.2, 0) is 20.9 Å². The Balaban J connectivity index is 1.56. The Hall–Kier alpha value is -5.42. The predicted molar refractivity (Wildman–Crippen MR) is 174 cm³/mol. The molecule has 0 bridgehead atoms. The van der Waals surface area contributed by atoms with E-state index >= 15 is 0 Å². The molecular formula is C35H32N2O8S. The summed E-state index contributed by atoms with van der Waals surface area (Å²) >= 11 is 0.909. The van der Waals surface area contributed by atoms with E-state index in [4.69, 9.17) is 18.9 Å². The maximum Gasteiger partial charge on any atom is 0.350 e. The van der Waals surface area contributed by atoms with Gasteiger partial charge in [-0.15, -0.1) is 0 Å². The summed E-state index contributed by atoms with van der Waals surface area (Å²) in [6.45, 7) is 7.52. The number of aryl methyl sites for hydroxylation is 2. The van der Waals surface area contributed by atoms with Gasteiger partial charge >= 0.3 is 11.9 Å². The summed E-state index contributed by atoms with van der Waals surface area (Å²) in [5.41, 5.74) is 3.04. The molecule has 0 aliphatic carbocycles. The van der Waals surface area contributed by atoms with Gasteiger partial charge in [0.1, 0.15) is 29.6 Å². The van der Waals surface area contributed by atoms with Crippen LogP contribution in [0.2, 0.25) is 0 Å². The van der Waals surface area contributed by atoms with E-state index in [-0.39, 0.29) is 27.9 Å². The molecule has 5 rings (SSSR count). The van der Waals surface area contributed by atoms with Crippen LogP contribution in [0.4, 0.5) is 5.13 Å². The van der Waals surface area contributed by atoms with Gasteiger partial charge in [-0.05, 0) is 61.4 Å². The number of aliphatic hydroxyl groups excluding tert-OH is 1. The number of thiazole rings is 1. The molecule has 236 valence electrons. The van der Waals surface area contributed by atoms with Crippen LogP contribution in [0.25, 0.3) is 5.76 Å². The zero-order chi connectivity index (χ0) is 33.0. The van der Waals surface area contributed by atoms with Crippen molar-refractivity contribution in [3.05, 3.63) is 118 Å². The summed E-state index contributed by atoms with van der Waals surface area (Å²) in [4.78, 5) is 45.8. The van der Waals surface area contributed by atoms with Gasteiger partial charge in [0.2, 0.25) is 0 Å². The van der Waals surface area contributed by atoms with Crippen LogP contribution in [0.1, 0.15) is 43.7 Å². The molecule has 2 heterocycles. The summed E-state index contributed by atoms with van der Waals surface area (Å²) in [5, 5.41) is 11.7. The number of ether oxygens (including phenoxy) is 4. The molecule has 3 aromatic carbocycles. The number of hydrogen-bond acceptors (Lipinski definition) is 10. The fraction of sp³-hybridized carbons (Fsp3) is 0.200. The molecule has 1 aromatic heterocycles. The van der Waals surface area contributed by atoms with E-state index in [0.717, 1.165) is 22.5 Å². The number of nitrogens with zero attached hydrogens (tertiary/aromatic N) is 2. The number of carbonyl (C=O) groups is 3. The van der Waals surface area contributed by atoms with Crippen LogP contribution in [0.15, 0.2) is 85.0 Å². The molecule has 1 atom stereocenters. The molecule has 10 nitrogen and oxygen atoms in total. The molecule has 1 aliphatic rings. The highest BCUT2D eigenvalue weighted by Crippen LogP contribution is 2.45. The van der Waals surface area contributed by atoms with E-state index in [9.17, 15) is 19.5 Å². The van der Waals surface area contributed by atoms with Crippen LogP contribution < -0.4 is 19.1 Å². The van der Waals surface area contributed by atoms with Gasteiger partial charge in [0.05, 0.1) is 31.5 Å². The summed E-state index contributed by atoms with van der Waals surface area (Å²) in [6.07, 6.45) is 1.44. The van der Waals surface area contributed by atoms with Gasteiger partial charge in [0.25, 0.3) is 5.78 Å². The second-order valence-electron chi connectivity index (χ2n) is 10.4. The van der Waals surface area contributed by atoms with Gasteiger partial charge in [-0.25, -0.2) is 9.78 Å². The molecule has 11 heteroatoms. The third-order valence-corrected chi connectivity index (χ3v) is 8.43. The first-order valence-corrected chi connectivity index (χ1v) is 15.1. The van der Waals surface area contributed by atoms with Crippen molar-refractivity contribution in [1.82, 2.24) is 4.98 Å². The molecule has 0 saturated carbocycles. The molecule has 46 heavy (non-hydrogen) atoms. The Bertz CT molecular complexity index is 1840. The lowest BCUT2D eigenvalue weighted by Crippen LogP contribution is -2.29. The van der Waals surface area contributed by atoms with Gasteiger partial charge < -0.3 is 24.1 Å². The van der Waals surface area contributed by atoms with E-state index in [2.05, 4.69) is 11.6 Å². The Morgan fingerprint density at radius 1 is 1.02 bits per heavy atom. The number of carbonyl (C=O) groups excluding carboxylic acids is 3. The standard InChI is InChI=1S/C35H32N2O8S/c1-6-16-44-34(41)32-21(3)36-35(46-32)37-29(24-12-15-26(42-4)27(18-24)43-5)28(31(39)33(37)40)30(38)23-10-13-25(14-11-23)45-19-22-9-7-8-20(2)17-22/h6-15,17-18,29,38H,1,16,19H2,2-5H3. The number of methoxy groups -OCH3 is 2. The zero-order valence-corrected chi connectivity index (χ0v) is 26.6. The third-order valence-electron chi connectivity index (χ3n) is 7.29. The molecule has 1 saturated heterocycles. The number of anilines is 1. The van der Waals surface area contributed by atoms with Gasteiger partial charge in [-0.1, -0.05) is 59.9 Å². The zero-order valence-electron chi connectivity index (χ0n) is 25.7. The van der Waals surface area contributed by atoms with E-state index in [1.165, 1.54) is 25.2 Å². The van der Waals surface area contributed by atoms with Crippen molar-refractivity contribution in [1.29, 1.82) is 0 Å². The molecule has 1 fully saturated rings. The van der Waals surface area contributed by atoms with Gasteiger partial charge in [-0.2, -0.15) is 0 Å². The highest BCUT2D eigenvalue weighted by atomic mass is 32.1. The topological polar surface area (TPSA) is 124 Å². The van der Waals surface area contributed by atoms with E-state index in [1.54, 1.807) is 49.4 Å².